The van der Waals surface area contributed by atoms with Gasteiger partial charge >= 0.3 is 0 Å². The summed E-state index contributed by atoms with van der Waals surface area (Å²) in [5, 5.41) is 3.49. The average molecular weight is 261 g/mol. The van der Waals surface area contributed by atoms with Gasteiger partial charge in [0, 0.05) is 25.2 Å². The van der Waals surface area contributed by atoms with E-state index in [1.165, 1.54) is 38.2 Å². The second-order valence-electron chi connectivity index (χ2n) is 5.61. The summed E-state index contributed by atoms with van der Waals surface area (Å²) in [6.07, 6.45) is 1.27. The van der Waals surface area contributed by atoms with Gasteiger partial charge in [0.2, 0.25) is 0 Å². The lowest BCUT2D eigenvalue weighted by atomic mass is 9.99. The molecule has 1 heterocycles. The van der Waals surface area contributed by atoms with E-state index in [4.69, 9.17) is 0 Å². The first-order valence-electron chi connectivity index (χ1n) is 7.37. The molecule has 1 aromatic rings. The predicted molar refractivity (Wildman–Crippen MR) is 81.4 cm³/mol. The van der Waals surface area contributed by atoms with Crippen LogP contribution in [-0.2, 0) is 0 Å². The molecule has 0 aromatic heterocycles. The molecule has 3 nitrogen and oxygen atoms in total. The van der Waals surface area contributed by atoms with Gasteiger partial charge in [-0.1, -0.05) is 30.3 Å². The molecule has 1 saturated heterocycles. The fourth-order valence-corrected chi connectivity index (χ4v) is 3.03. The van der Waals surface area contributed by atoms with Crippen molar-refractivity contribution in [1.82, 2.24) is 15.1 Å². The number of nitrogens with zero attached hydrogens (tertiary/aromatic N) is 2. The molecule has 1 fully saturated rings. The summed E-state index contributed by atoms with van der Waals surface area (Å²) in [5.74, 6) is 0. The van der Waals surface area contributed by atoms with E-state index < -0.39 is 0 Å². The zero-order chi connectivity index (χ0) is 13.7. The van der Waals surface area contributed by atoms with Crippen molar-refractivity contribution in [2.75, 3.05) is 40.3 Å². The minimum atomic E-state index is 0.407. The van der Waals surface area contributed by atoms with E-state index in [0.717, 1.165) is 0 Å². The molecule has 0 spiro atoms. The molecule has 1 aliphatic rings. The van der Waals surface area contributed by atoms with Crippen molar-refractivity contribution in [2.45, 2.75) is 25.4 Å². The summed E-state index contributed by atoms with van der Waals surface area (Å²) in [5.41, 5.74) is 1.38. The van der Waals surface area contributed by atoms with Crippen LogP contribution in [0, 0.1) is 0 Å². The van der Waals surface area contributed by atoms with Crippen molar-refractivity contribution in [3.05, 3.63) is 35.9 Å². The van der Waals surface area contributed by atoms with Crippen molar-refractivity contribution < 1.29 is 0 Å². The molecule has 1 N–H and O–H groups in total. The SMILES string of the molecule is CNC(c1ccccc1)C(C)N1CCCN(C)CC1. The van der Waals surface area contributed by atoms with Gasteiger partial charge in [-0.3, -0.25) is 4.90 Å². The largest absolute Gasteiger partial charge is 0.312 e. The average Bonchev–Trinajstić information content (AvgIpc) is 2.65. The molecule has 2 rings (SSSR count). The second kappa shape index (κ2) is 7.04. The minimum Gasteiger partial charge on any atom is -0.312 e. The van der Waals surface area contributed by atoms with Crippen LogP contribution in [0.15, 0.2) is 30.3 Å². The lowest BCUT2D eigenvalue weighted by Gasteiger charge is -2.34. The summed E-state index contributed by atoms with van der Waals surface area (Å²) in [4.78, 5) is 5.06. The topological polar surface area (TPSA) is 18.5 Å². The van der Waals surface area contributed by atoms with Gasteiger partial charge in [0.05, 0.1) is 0 Å². The molecule has 106 valence electrons. The fraction of sp³-hybridized carbons (Fsp3) is 0.625. The van der Waals surface area contributed by atoms with E-state index in [1.807, 2.05) is 0 Å². The van der Waals surface area contributed by atoms with Gasteiger partial charge in [0.15, 0.2) is 0 Å². The zero-order valence-corrected chi connectivity index (χ0v) is 12.5. The summed E-state index contributed by atoms with van der Waals surface area (Å²) >= 11 is 0. The molecule has 0 bridgehead atoms. The van der Waals surface area contributed by atoms with Gasteiger partial charge < -0.3 is 10.2 Å². The Morgan fingerprint density at radius 1 is 1.05 bits per heavy atom. The van der Waals surface area contributed by atoms with Crippen LogP contribution in [-0.4, -0.2) is 56.1 Å². The Hall–Kier alpha value is -0.900. The number of benzene rings is 1. The van der Waals surface area contributed by atoms with Gasteiger partial charge in [-0.2, -0.15) is 0 Å². The zero-order valence-electron chi connectivity index (χ0n) is 12.5. The summed E-state index contributed by atoms with van der Waals surface area (Å²) in [6, 6.07) is 11.7. The molecule has 19 heavy (non-hydrogen) atoms. The molecule has 2 unspecified atom stereocenters. The highest BCUT2D eigenvalue weighted by Crippen LogP contribution is 2.21. The first-order valence-corrected chi connectivity index (χ1v) is 7.37. The van der Waals surface area contributed by atoms with Crippen molar-refractivity contribution in [3.8, 4) is 0 Å². The van der Waals surface area contributed by atoms with E-state index in [9.17, 15) is 0 Å². The molecule has 0 saturated carbocycles. The molecular weight excluding hydrogens is 234 g/mol. The van der Waals surface area contributed by atoms with Crippen LogP contribution >= 0.6 is 0 Å². The highest BCUT2D eigenvalue weighted by molar-refractivity contribution is 5.20. The Kier molecular flexibility index (Phi) is 5.37. The first kappa shape index (κ1) is 14.5. The minimum absolute atomic E-state index is 0.407. The first-order chi connectivity index (χ1) is 9.22. The molecule has 0 radical (unpaired) electrons. The standard InChI is InChI=1S/C16H27N3/c1-14(19-11-7-10-18(3)12-13-19)16(17-2)15-8-5-4-6-9-15/h4-6,8-9,14,16-17H,7,10-13H2,1-3H3. The molecule has 2 atom stereocenters. The van der Waals surface area contributed by atoms with Crippen molar-refractivity contribution >= 4 is 0 Å². The lowest BCUT2D eigenvalue weighted by Crippen LogP contribution is -2.43. The number of nitrogens with one attached hydrogen (secondary N) is 1. The van der Waals surface area contributed by atoms with Gasteiger partial charge in [-0.25, -0.2) is 0 Å². The number of hydrogen-bond acceptors (Lipinski definition) is 3. The van der Waals surface area contributed by atoms with Crippen LogP contribution in [0.3, 0.4) is 0 Å². The third-order valence-corrected chi connectivity index (χ3v) is 4.28. The smallest absolute Gasteiger partial charge is 0.0473 e. The van der Waals surface area contributed by atoms with Crippen LogP contribution in [0.1, 0.15) is 24.9 Å². The van der Waals surface area contributed by atoms with Crippen molar-refractivity contribution in [1.29, 1.82) is 0 Å². The van der Waals surface area contributed by atoms with Gasteiger partial charge in [-0.05, 0) is 46.1 Å². The molecule has 3 heteroatoms. The Balaban J connectivity index is 2.05. The van der Waals surface area contributed by atoms with E-state index in [2.05, 4.69) is 66.5 Å². The van der Waals surface area contributed by atoms with Crippen molar-refractivity contribution in [3.63, 3.8) is 0 Å². The predicted octanol–water partition coefficient (Wildman–Crippen LogP) is 1.97. The summed E-state index contributed by atoms with van der Waals surface area (Å²) in [6.45, 7) is 7.12. The second-order valence-corrected chi connectivity index (χ2v) is 5.61. The normalized spacial score (nSPS) is 21.8. The molecular formula is C16H27N3. The maximum Gasteiger partial charge on any atom is 0.0473 e. The van der Waals surface area contributed by atoms with Gasteiger partial charge in [0.25, 0.3) is 0 Å². The van der Waals surface area contributed by atoms with Crippen LogP contribution in [0.25, 0.3) is 0 Å². The number of hydrogen-bond donors (Lipinski definition) is 1. The van der Waals surface area contributed by atoms with Crippen LogP contribution in [0.2, 0.25) is 0 Å². The quantitative estimate of drug-likeness (QED) is 0.894. The van der Waals surface area contributed by atoms with Crippen LogP contribution in [0.4, 0.5) is 0 Å². The van der Waals surface area contributed by atoms with E-state index in [1.54, 1.807) is 0 Å². The monoisotopic (exact) mass is 261 g/mol. The van der Waals surface area contributed by atoms with Crippen molar-refractivity contribution in [2.24, 2.45) is 0 Å². The maximum absolute atomic E-state index is 3.49. The molecule has 0 aliphatic carbocycles. The Bertz CT molecular complexity index is 366. The fourth-order valence-electron chi connectivity index (χ4n) is 3.03. The van der Waals surface area contributed by atoms with Crippen LogP contribution < -0.4 is 5.32 Å². The third-order valence-electron chi connectivity index (χ3n) is 4.28. The third kappa shape index (κ3) is 3.78. The van der Waals surface area contributed by atoms with Crippen LogP contribution in [0.5, 0.6) is 0 Å². The number of rotatable bonds is 4. The summed E-state index contributed by atoms with van der Waals surface area (Å²) < 4.78 is 0. The maximum atomic E-state index is 3.49. The number of likely N-dealkylation sites (N-methyl/N-ethyl adjacent to an activating group) is 2. The Labute approximate surface area is 117 Å². The Morgan fingerprint density at radius 3 is 2.47 bits per heavy atom. The lowest BCUT2D eigenvalue weighted by molar-refractivity contribution is 0.178. The highest BCUT2D eigenvalue weighted by Gasteiger charge is 2.24. The van der Waals surface area contributed by atoms with Gasteiger partial charge in [0.1, 0.15) is 0 Å². The van der Waals surface area contributed by atoms with E-state index in [0.29, 0.717) is 12.1 Å². The van der Waals surface area contributed by atoms with Gasteiger partial charge in [-0.15, -0.1) is 0 Å². The Morgan fingerprint density at radius 2 is 1.79 bits per heavy atom. The summed E-state index contributed by atoms with van der Waals surface area (Å²) in [7, 11) is 4.29. The van der Waals surface area contributed by atoms with E-state index >= 15 is 0 Å². The van der Waals surface area contributed by atoms with E-state index in [-0.39, 0.29) is 0 Å². The molecule has 1 aromatic carbocycles. The molecule has 1 aliphatic heterocycles. The molecule has 0 amide bonds. The highest BCUT2D eigenvalue weighted by atomic mass is 15.2.